The van der Waals surface area contributed by atoms with Crippen LogP contribution in [0, 0.1) is 13.8 Å². The minimum absolute atomic E-state index is 0.233. The zero-order valence-corrected chi connectivity index (χ0v) is 11.2. The molecule has 2 aromatic rings. The number of aryl methyl sites for hydroxylation is 2. The summed E-state index contributed by atoms with van der Waals surface area (Å²) in [7, 11) is 1.97. The van der Waals surface area contributed by atoms with Crippen molar-refractivity contribution in [3.05, 3.63) is 45.7 Å². The first-order valence-electron chi connectivity index (χ1n) is 5.71. The molecule has 0 bridgehead atoms. The van der Waals surface area contributed by atoms with Gasteiger partial charge in [-0.05, 0) is 33.0 Å². The second-order valence-corrected chi connectivity index (χ2v) is 5.17. The maximum atomic E-state index is 4.56. The Morgan fingerprint density at radius 1 is 1.29 bits per heavy atom. The summed E-state index contributed by atoms with van der Waals surface area (Å²) in [6.45, 7) is 4.05. The Morgan fingerprint density at radius 3 is 2.71 bits per heavy atom. The van der Waals surface area contributed by atoms with Crippen LogP contribution in [0.1, 0.15) is 28.1 Å². The summed E-state index contributed by atoms with van der Waals surface area (Å²) >= 11 is 1.70. The van der Waals surface area contributed by atoms with Gasteiger partial charge in [0, 0.05) is 17.5 Å². The minimum Gasteiger partial charge on any atom is -0.311 e. The third kappa shape index (κ3) is 3.11. The van der Waals surface area contributed by atoms with Gasteiger partial charge in [0.2, 0.25) is 0 Å². The molecule has 0 aliphatic heterocycles. The molecule has 0 aromatic carbocycles. The molecule has 1 unspecified atom stereocenters. The van der Waals surface area contributed by atoms with Crippen molar-refractivity contribution in [2.45, 2.75) is 26.3 Å². The summed E-state index contributed by atoms with van der Waals surface area (Å²) in [5.74, 6) is 0. The van der Waals surface area contributed by atoms with Crippen LogP contribution in [0.5, 0.6) is 0 Å². The van der Waals surface area contributed by atoms with Crippen molar-refractivity contribution in [3.63, 3.8) is 0 Å². The van der Waals surface area contributed by atoms with Gasteiger partial charge in [-0.2, -0.15) is 0 Å². The zero-order valence-electron chi connectivity index (χ0n) is 10.4. The van der Waals surface area contributed by atoms with Crippen LogP contribution in [0.25, 0.3) is 0 Å². The van der Waals surface area contributed by atoms with Gasteiger partial charge in [0.1, 0.15) is 0 Å². The van der Waals surface area contributed by atoms with Crippen LogP contribution in [0.4, 0.5) is 0 Å². The average molecular weight is 247 g/mol. The second-order valence-electron chi connectivity index (χ2n) is 4.11. The van der Waals surface area contributed by atoms with Crippen LogP contribution in [0.3, 0.4) is 0 Å². The normalized spacial score (nSPS) is 12.6. The van der Waals surface area contributed by atoms with Gasteiger partial charge >= 0.3 is 0 Å². The largest absolute Gasteiger partial charge is 0.311 e. The number of hydrogen-bond donors (Lipinski definition) is 1. The predicted molar refractivity (Wildman–Crippen MR) is 71.3 cm³/mol. The van der Waals surface area contributed by atoms with Crippen LogP contribution in [0.15, 0.2) is 23.6 Å². The number of nitrogens with one attached hydrogen (secondary N) is 1. The fourth-order valence-electron chi connectivity index (χ4n) is 1.82. The van der Waals surface area contributed by atoms with Crippen molar-refractivity contribution in [1.82, 2.24) is 15.3 Å². The van der Waals surface area contributed by atoms with Gasteiger partial charge in [-0.1, -0.05) is 6.07 Å². The van der Waals surface area contributed by atoms with E-state index in [0.29, 0.717) is 0 Å². The fraction of sp³-hybridized carbons (Fsp3) is 0.385. The summed E-state index contributed by atoms with van der Waals surface area (Å²) < 4.78 is 0. The Morgan fingerprint density at radius 2 is 2.12 bits per heavy atom. The zero-order chi connectivity index (χ0) is 12.3. The lowest BCUT2D eigenvalue weighted by molar-refractivity contribution is 0.568. The molecule has 2 rings (SSSR count). The molecule has 1 N–H and O–H groups in total. The highest BCUT2D eigenvalue weighted by molar-refractivity contribution is 7.09. The Bertz CT molecular complexity index is 493. The van der Waals surface area contributed by atoms with Crippen LogP contribution in [-0.2, 0) is 6.42 Å². The Balaban J connectivity index is 2.16. The number of hydrogen-bond acceptors (Lipinski definition) is 4. The maximum absolute atomic E-state index is 4.56. The van der Waals surface area contributed by atoms with Crippen molar-refractivity contribution in [3.8, 4) is 0 Å². The first-order chi connectivity index (χ1) is 8.19. The number of aromatic nitrogens is 2. The molecule has 1 atom stereocenters. The summed E-state index contributed by atoms with van der Waals surface area (Å²) in [5, 5.41) is 6.54. The lowest BCUT2D eigenvalue weighted by Gasteiger charge is -2.14. The average Bonchev–Trinajstić information content (AvgIpc) is 2.72. The van der Waals surface area contributed by atoms with E-state index in [2.05, 4.69) is 26.7 Å². The molecule has 0 aliphatic carbocycles. The fourth-order valence-corrected chi connectivity index (χ4v) is 2.45. The van der Waals surface area contributed by atoms with E-state index >= 15 is 0 Å². The highest BCUT2D eigenvalue weighted by Gasteiger charge is 2.13. The van der Waals surface area contributed by atoms with Gasteiger partial charge in [0.15, 0.2) is 0 Å². The molecule has 2 aromatic heterocycles. The first-order valence-corrected chi connectivity index (χ1v) is 6.59. The molecule has 0 radical (unpaired) electrons. The number of nitrogens with zero attached hydrogens (tertiary/aromatic N) is 2. The van der Waals surface area contributed by atoms with Gasteiger partial charge < -0.3 is 5.32 Å². The summed E-state index contributed by atoms with van der Waals surface area (Å²) in [5.41, 5.74) is 3.27. The van der Waals surface area contributed by atoms with E-state index < -0.39 is 0 Å². The standard InChI is InChI=1S/C13H17N3S/c1-9-5-4-6-12(15-9)13(14-3)7-11-8-17-10(2)16-11/h4-6,8,13-14H,7H2,1-3H3. The number of thiazole rings is 1. The quantitative estimate of drug-likeness (QED) is 0.902. The topological polar surface area (TPSA) is 37.8 Å². The molecule has 0 spiro atoms. The summed E-state index contributed by atoms with van der Waals surface area (Å²) in [6.07, 6.45) is 0.886. The smallest absolute Gasteiger partial charge is 0.0897 e. The Hall–Kier alpha value is -1.26. The van der Waals surface area contributed by atoms with Gasteiger partial charge in [0.25, 0.3) is 0 Å². The van der Waals surface area contributed by atoms with E-state index in [4.69, 9.17) is 0 Å². The predicted octanol–water partition coefficient (Wildman–Crippen LogP) is 2.66. The van der Waals surface area contributed by atoms with Gasteiger partial charge in [0.05, 0.1) is 22.4 Å². The molecule has 4 heteroatoms. The van der Waals surface area contributed by atoms with Crippen LogP contribution in [-0.4, -0.2) is 17.0 Å². The molecular weight excluding hydrogens is 230 g/mol. The highest BCUT2D eigenvalue weighted by atomic mass is 32.1. The molecule has 2 heterocycles. The SMILES string of the molecule is CNC(Cc1csc(C)n1)c1cccc(C)n1. The van der Waals surface area contributed by atoms with Crippen LogP contribution >= 0.6 is 11.3 Å². The summed E-state index contributed by atoms with van der Waals surface area (Å²) in [6, 6.07) is 6.36. The Labute approximate surface area is 106 Å². The van der Waals surface area contributed by atoms with Crippen molar-refractivity contribution >= 4 is 11.3 Å². The molecule has 0 aliphatic rings. The molecule has 0 saturated carbocycles. The number of likely N-dealkylation sites (N-methyl/N-ethyl adjacent to an activating group) is 1. The van der Waals surface area contributed by atoms with E-state index in [0.717, 1.165) is 28.5 Å². The van der Waals surface area contributed by atoms with E-state index in [1.54, 1.807) is 11.3 Å². The van der Waals surface area contributed by atoms with E-state index in [1.807, 2.05) is 33.0 Å². The molecule has 90 valence electrons. The molecule has 17 heavy (non-hydrogen) atoms. The molecule has 3 nitrogen and oxygen atoms in total. The van der Waals surface area contributed by atoms with Crippen molar-refractivity contribution in [1.29, 1.82) is 0 Å². The van der Waals surface area contributed by atoms with Crippen molar-refractivity contribution in [2.24, 2.45) is 0 Å². The second kappa shape index (κ2) is 5.38. The monoisotopic (exact) mass is 247 g/mol. The van der Waals surface area contributed by atoms with E-state index in [9.17, 15) is 0 Å². The molecule has 0 fully saturated rings. The van der Waals surface area contributed by atoms with E-state index in [-0.39, 0.29) is 6.04 Å². The van der Waals surface area contributed by atoms with Crippen LogP contribution in [0.2, 0.25) is 0 Å². The third-order valence-corrected chi connectivity index (χ3v) is 3.52. The van der Waals surface area contributed by atoms with E-state index in [1.165, 1.54) is 0 Å². The lowest BCUT2D eigenvalue weighted by Crippen LogP contribution is -2.20. The van der Waals surface area contributed by atoms with Gasteiger partial charge in [-0.15, -0.1) is 11.3 Å². The molecular formula is C13H17N3S. The lowest BCUT2D eigenvalue weighted by atomic mass is 10.1. The maximum Gasteiger partial charge on any atom is 0.0897 e. The third-order valence-electron chi connectivity index (χ3n) is 2.70. The van der Waals surface area contributed by atoms with Crippen molar-refractivity contribution in [2.75, 3.05) is 7.05 Å². The summed E-state index contributed by atoms with van der Waals surface area (Å²) in [4.78, 5) is 9.06. The molecule has 0 saturated heterocycles. The van der Waals surface area contributed by atoms with Crippen molar-refractivity contribution < 1.29 is 0 Å². The van der Waals surface area contributed by atoms with Gasteiger partial charge in [-0.25, -0.2) is 4.98 Å². The highest BCUT2D eigenvalue weighted by Crippen LogP contribution is 2.18. The Kier molecular flexibility index (Phi) is 3.86. The molecule has 0 amide bonds. The van der Waals surface area contributed by atoms with Gasteiger partial charge in [-0.3, -0.25) is 4.98 Å². The number of pyridine rings is 1. The minimum atomic E-state index is 0.233. The van der Waals surface area contributed by atoms with Crippen LogP contribution < -0.4 is 5.32 Å². The first kappa shape index (κ1) is 12.2. The number of rotatable bonds is 4.